The van der Waals surface area contributed by atoms with E-state index in [0.717, 1.165) is 25.6 Å². The van der Waals surface area contributed by atoms with Gasteiger partial charge in [0.1, 0.15) is 0 Å². The van der Waals surface area contributed by atoms with Crippen molar-refractivity contribution in [2.45, 2.75) is 40.5 Å². The summed E-state index contributed by atoms with van der Waals surface area (Å²) in [5, 5.41) is 3.57. The molecule has 20 heavy (non-hydrogen) atoms. The fourth-order valence-corrected chi connectivity index (χ4v) is 3.23. The smallest absolute Gasteiger partial charge is 0.0399 e. The molecule has 1 aliphatic heterocycles. The highest BCUT2D eigenvalue weighted by molar-refractivity contribution is 5.55. The van der Waals surface area contributed by atoms with Crippen LogP contribution >= 0.6 is 0 Å². The van der Waals surface area contributed by atoms with Crippen LogP contribution in [0.3, 0.4) is 0 Å². The summed E-state index contributed by atoms with van der Waals surface area (Å²) in [5.41, 5.74) is 3.28. The van der Waals surface area contributed by atoms with Crippen molar-refractivity contribution in [3.8, 4) is 0 Å². The van der Waals surface area contributed by atoms with Gasteiger partial charge in [-0.2, -0.15) is 0 Å². The van der Waals surface area contributed by atoms with E-state index in [1.54, 1.807) is 0 Å². The van der Waals surface area contributed by atoms with Gasteiger partial charge >= 0.3 is 0 Å². The second kappa shape index (κ2) is 6.62. The van der Waals surface area contributed by atoms with Gasteiger partial charge in [0.25, 0.3) is 0 Å². The van der Waals surface area contributed by atoms with Crippen molar-refractivity contribution < 1.29 is 0 Å². The van der Waals surface area contributed by atoms with Gasteiger partial charge in [0, 0.05) is 25.3 Å². The molecule has 1 aliphatic rings. The van der Waals surface area contributed by atoms with Crippen LogP contribution in [0.4, 0.5) is 5.69 Å². The van der Waals surface area contributed by atoms with Crippen molar-refractivity contribution in [3.63, 3.8) is 0 Å². The molecule has 2 rings (SSSR count). The Labute approximate surface area is 124 Å². The Kier molecular flexibility index (Phi) is 5.09. The molecule has 0 aliphatic carbocycles. The Morgan fingerprint density at radius 2 is 2.05 bits per heavy atom. The summed E-state index contributed by atoms with van der Waals surface area (Å²) in [4.78, 5) is 2.59. The van der Waals surface area contributed by atoms with Crippen molar-refractivity contribution in [2.75, 3.05) is 31.1 Å². The van der Waals surface area contributed by atoms with Gasteiger partial charge in [-0.15, -0.1) is 0 Å². The zero-order chi connectivity index (χ0) is 14.6. The van der Waals surface area contributed by atoms with Gasteiger partial charge in [0.2, 0.25) is 0 Å². The summed E-state index contributed by atoms with van der Waals surface area (Å²) in [6.45, 7) is 13.9. The molecule has 0 amide bonds. The number of benzene rings is 1. The molecular formula is C18H30N2. The van der Waals surface area contributed by atoms with Crippen molar-refractivity contribution >= 4 is 5.69 Å². The minimum atomic E-state index is 0.305. The molecule has 1 aromatic rings. The summed E-state index contributed by atoms with van der Waals surface area (Å²) in [5.74, 6) is 0.754. The molecule has 112 valence electrons. The normalized spacial score (nSPS) is 19.0. The number of rotatable bonds is 6. The molecule has 0 bridgehead atoms. The van der Waals surface area contributed by atoms with Crippen molar-refractivity contribution in [1.29, 1.82) is 0 Å². The van der Waals surface area contributed by atoms with Gasteiger partial charge < -0.3 is 10.2 Å². The summed E-state index contributed by atoms with van der Waals surface area (Å²) in [6, 6.07) is 8.92. The highest BCUT2D eigenvalue weighted by Crippen LogP contribution is 2.31. The molecule has 1 aromatic carbocycles. The molecule has 1 heterocycles. The summed E-state index contributed by atoms with van der Waals surface area (Å²) < 4.78 is 0. The molecule has 2 nitrogen and oxygen atoms in total. The van der Waals surface area contributed by atoms with E-state index in [1.807, 2.05) is 0 Å². The van der Waals surface area contributed by atoms with Gasteiger partial charge in [0.05, 0.1) is 0 Å². The monoisotopic (exact) mass is 274 g/mol. The predicted molar refractivity (Wildman–Crippen MR) is 88.5 cm³/mol. The third kappa shape index (κ3) is 3.99. The van der Waals surface area contributed by atoms with Crippen LogP contribution in [0.5, 0.6) is 0 Å². The Balaban J connectivity index is 2.05. The molecule has 0 saturated carbocycles. The lowest BCUT2D eigenvalue weighted by Crippen LogP contribution is -2.44. The minimum absolute atomic E-state index is 0.305. The van der Waals surface area contributed by atoms with Crippen LogP contribution in [0.25, 0.3) is 0 Å². The van der Waals surface area contributed by atoms with Gasteiger partial charge in [0.15, 0.2) is 0 Å². The molecule has 2 heteroatoms. The molecule has 1 N–H and O–H groups in total. The molecule has 0 aromatic heterocycles. The molecule has 1 unspecified atom stereocenters. The standard InChI is InChI=1S/C18H30N2/c1-5-10-19-13-18(3,4)14-20-12-15(2)11-16-8-6-7-9-17(16)20/h6-9,15,19H,5,10-14H2,1-4H3. The average Bonchev–Trinajstić information content (AvgIpc) is 2.38. The van der Waals surface area contributed by atoms with E-state index in [1.165, 1.54) is 30.6 Å². The van der Waals surface area contributed by atoms with E-state index in [4.69, 9.17) is 0 Å². The Morgan fingerprint density at radius 1 is 1.30 bits per heavy atom. The van der Waals surface area contributed by atoms with Crippen LogP contribution in [0.1, 0.15) is 39.7 Å². The van der Waals surface area contributed by atoms with Crippen LogP contribution in [0, 0.1) is 11.3 Å². The Morgan fingerprint density at radius 3 is 2.80 bits per heavy atom. The zero-order valence-electron chi connectivity index (χ0n) is 13.6. The third-order valence-corrected chi connectivity index (χ3v) is 4.08. The lowest BCUT2D eigenvalue weighted by molar-refractivity contribution is 0.332. The van der Waals surface area contributed by atoms with Crippen molar-refractivity contribution in [1.82, 2.24) is 5.32 Å². The fourth-order valence-electron chi connectivity index (χ4n) is 3.23. The number of hydrogen-bond acceptors (Lipinski definition) is 2. The number of fused-ring (bicyclic) bond motifs is 1. The molecule has 0 radical (unpaired) electrons. The summed E-state index contributed by atoms with van der Waals surface area (Å²) in [6.07, 6.45) is 2.43. The predicted octanol–water partition coefficient (Wildman–Crippen LogP) is 3.71. The van der Waals surface area contributed by atoms with Crippen LogP contribution < -0.4 is 10.2 Å². The largest absolute Gasteiger partial charge is 0.370 e. The van der Waals surface area contributed by atoms with E-state index in [9.17, 15) is 0 Å². The van der Waals surface area contributed by atoms with Crippen LogP contribution in [-0.2, 0) is 6.42 Å². The zero-order valence-corrected chi connectivity index (χ0v) is 13.6. The SMILES string of the molecule is CCCNCC(C)(C)CN1CC(C)Cc2ccccc21. The molecule has 0 spiro atoms. The number of nitrogens with zero attached hydrogens (tertiary/aromatic N) is 1. The first-order chi connectivity index (χ1) is 9.52. The maximum Gasteiger partial charge on any atom is 0.0399 e. The van der Waals surface area contributed by atoms with E-state index < -0.39 is 0 Å². The van der Waals surface area contributed by atoms with E-state index >= 15 is 0 Å². The third-order valence-electron chi connectivity index (χ3n) is 4.08. The number of hydrogen-bond donors (Lipinski definition) is 1. The van der Waals surface area contributed by atoms with Gasteiger partial charge in [-0.1, -0.05) is 45.9 Å². The second-order valence-corrected chi connectivity index (χ2v) is 7.16. The van der Waals surface area contributed by atoms with E-state index in [-0.39, 0.29) is 0 Å². The van der Waals surface area contributed by atoms with Gasteiger partial charge in [-0.25, -0.2) is 0 Å². The molecular weight excluding hydrogens is 244 g/mol. The fraction of sp³-hybridized carbons (Fsp3) is 0.667. The quantitative estimate of drug-likeness (QED) is 0.796. The first-order valence-electron chi connectivity index (χ1n) is 8.05. The van der Waals surface area contributed by atoms with Crippen molar-refractivity contribution in [3.05, 3.63) is 29.8 Å². The first kappa shape index (κ1) is 15.4. The van der Waals surface area contributed by atoms with Gasteiger partial charge in [-0.3, -0.25) is 0 Å². The summed E-state index contributed by atoms with van der Waals surface area (Å²) in [7, 11) is 0. The number of para-hydroxylation sites is 1. The van der Waals surface area contributed by atoms with E-state index in [2.05, 4.69) is 62.2 Å². The maximum absolute atomic E-state index is 3.57. The number of nitrogens with one attached hydrogen (secondary N) is 1. The Bertz CT molecular complexity index is 425. The van der Waals surface area contributed by atoms with E-state index in [0.29, 0.717) is 5.41 Å². The van der Waals surface area contributed by atoms with Crippen LogP contribution in [0.2, 0.25) is 0 Å². The number of anilines is 1. The van der Waals surface area contributed by atoms with Crippen LogP contribution in [-0.4, -0.2) is 26.2 Å². The van der Waals surface area contributed by atoms with Gasteiger partial charge in [-0.05, 0) is 42.3 Å². The minimum Gasteiger partial charge on any atom is -0.370 e. The highest BCUT2D eigenvalue weighted by Gasteiger charge is 2.27. The average molecular weight is 274 g/mol. The Hall–Kier alpha value is -1.02. The highest BCUT2D eigenvalue weighted by atomic mass is 15.2. The molecule has 0 saturated heterocycles. The molecule has 0 fully saturated rings. The van der Waals surface area contributed by atoms with Crippen molar-refractivity contribution in [2.24, 2.45) is 11.3 Å². The molecule has 1 atom stereocenters. The van der Waals surface area contributed by atoms with Crippen LogP contribution in [0.15, 0.2) is 24.3 Å². The topological polar surface area (TPSA) is 15.3 Å². The maximum atomic E-state index is 3.57. The summed E-state index contributed by atoms with van der Waals surface area (Å²) >= 11 is 0. The second-order valence-electron chi connectivity index (χ2n) is 7.16. The first-order valence-corrected chi connectivity index (χ1v) is 8.05. The lowest BCUT2D eigenvalue weighted by Gasteiger charge is -2.40. The lowest BCUT2D eigenvalue weighted by atomic mass is 9.88.